The Morgan fingerprint density at radius 2 is 2.00 bits per heavy atom. The lowest BCUT2D eigenvalue weighted by molar-refractivity contribution is 0.384. The molecule has 1 heterocycles. The lowest BCUT2D eigenvalue weighted by Gasteiger charge is -2.24. The van der Waals surface area contributed by atoms with Crippen LogP contribution in [0.1, 0.15) is 46.2 Å². The summed E-state index contributed by atoms with van der Waals surface area (Å²) in [4.78, 5) is 0. The van der Waals surface area contributed by atoms with Crippen molar-refractivity contribution in [1.29, 1.82) is 0 Å². The van der Waals surface area contributed by atoms with Crippen LogP contribution in [0.4, 0.5) is 0 Å². The number of hydrogen-bond donors (Lipinski definition) is 0. The summed E-state index contributed by atoms with van der Waals surface area (Å²) >= 11 is 0. The molecule has 0 atom stereocenters. The number of rotatable bonds is 3. The molecule has 13 heavy (non-hydrogen) atoms. The molecular formula is C12H21N. The number of nitrogens with zero attached hydrogens (tertiary/aromatic N) is 1. The molecule has 0 bridgehead atoms. The van der Waals surface area contributed by atoms with Gasteiger partial charge in [-0.3, -0.25) is 0 Å². The highest BCUT2D eigenvalue weighted by Crippen LogP contribution is 2.18. The zero-order valence-electron chi connectivity index (χ0n) is 9.30. The SMILES string of the molecule is CCCCc1cccn1C(C)(C)C. The van der Waals surface area contributed by atoms with Gasteiger partial charge in [0.1, 0.15) is 0 Å². The van der Waals surface area contributed by atoms with E-state index in [1.54, 1.807) is 0 Å². The summed E-state index contributed by atoms with van der Waals surface area (Å²) in [6.45, 7) is 9.00. The second-order valence-electron chi connectivity index (χ2n) is 4.64. The molecule has 1 aromatic heterocycles. The number of aryl methyl sites for hydroxylation is 1. The third-order valence-electron chi connectivity index (χ3n) is 2.34. The van der Waals surface area contributed by atoms with E-state index in [4.69, 9.17) is 0 Å². The molecule has 1 nitrogen and oxygen atoms in total. The van der Waals surface area contributed by atoms with Crippen LogP contribution in [0.25, 0.3) is 0 Å². The number of unbranched alkanes of at least 4 members (excludes halogenated alkanes) is 1. The molecule has 1 rings (SSSR count). The Kier molecular flexibility index (Phi) is 3.18. The molecule has 0 spiro atoms. The number of aromatic nitrogens is 1. The van der Waals surface area contributed by atoms with Crippen LogP contribution >= 0.6 is 0 Å². The fourth-order valence-corrected chi connectivity index (χ4v) is 1.63. The third kappa shape index (κ3) is 2.61. The summed E-state index contributed by atoms with van der Waals surface area (Å²) in [5.74, 6) is 0. The average molecular weight is 179 g/mol. The van der Waals surface area contributed by atoms with Crippen molar-refractivity contribution in [3.8, 4) is 0 Å². The van der Waals surface area contributed by atoms with Crippen molar-refractivity contribution in [2.75, 3.05) is 0 Å². The highest BCUT2D eigenvalue weighted by molar-refractivity contribution is 5.10. The summed E-state index contributed by atoms with van der Waals surface area (Å²) < 4.78 is 2.38. The third-order valence-corrected chi connectivity index (χ3v) is 2.34. The Labute approximate surface area is 81.8 Å². The van der Waals surface area contributed by atoms with Gasteiger partial charge in [0, 0.05) is 17.4 Å². The molecule has 74 valence electrons. The van der Waals surface area contributed by atoms with Crippen molar-refractivity contribution in [1.82, 2.24) is 4.57 Å². The van der Waals surface area contributed by atoms with E-state index in [9.17, 15) is 0 Å². The van der Waals surface area contributed by atoms with Crippen molar-refractivity contribution in [2.24, 2.45) is 0 Å². The fraction of sp³-hybridized carbons (Fsp3) is 0.667. The molecule has 1 heteroatoms. The van der Waals surface area contributed by atoms with E-state index in [0.29, 0.717) is 0 Å². The highest BCUT2D eigenvalue weighted by atomic mass is 15.0. The fourth-order valence-electron chi connectivity index (χ4n) is 1.63. The Morgan fingerprint density at radius 3 is 2.54 bits per heavy atom. The maximum atomic E-state index is 2.38. The van der Waals surface area contributed by atoms with Crippen LogP contribution in [0.2, 0.25) is 0 Å². The standard InChI is InChI=1S/C12H21N/c1-5-6-8-11-9-7-10-13(11)12(2,3)4/h7,9-10H,5-6,8H2,1-4H3. The van der Waals surface area contributed by atoms with E-state index in [-0.39, 0.29) is 5.54 Å². The lowest BCUT2D eigenvalue weighted by atomic mass is 10.1. The molecule has 1 aromatic rings. The van der Waals surface area contributed by atoms with Gasteiger partial charge in [-0.2, -0.15) is 0 Å². The highest BCUT2D eigenvalue weighted by Gasteiger charge is 2.14. The minimum Gasteiger partial charge on any atom is -0.346 e. The van der Waals surface area contributed by atoms with Crippen LogP contribution in [0, 0.1) is 0 Å². The Morgan fingerprint density at radius 1 is 1.31 bits per heavy atom. The van der Waals surface area contributed by atoms with E-state index < -0.39 is 0 Å². The van der Waals surface area contributed by atoms with Crippen LogP contribution in [-0.4, -0.2) is 4.57 Å². The van der Waals surface area contributed by atoms with E-state index in [2.05, 4.69) is 50.6 Å². The summed E-state index contributed by atoms with van der Waals surface area (Å²) in [5, 5.41) is 0. The van der Waals surface area contributed by atoms with Crippen LogP contribution in [0.3, 0.4) is 0 Å². The van der Waals surface area contributed by atoms with Crippen molar-refractivity contribution < 1.29 is 0 Å². The maximum Gasteiger partial charge on any atom is 0.0358 e. The summed E-state index contributed by atoms with van der Waals surface area (Å²) in [5.41, 5.74) is 1.70. The molecule has 0 aromatic carbocycles. The first kappa shape index (κ1) is 10.4. The van der Waals surface area contributed by atoms with Gasteiger partial charge < -0.3 is 4.57 Å². The van der Waals surface area contributed by atoms with Crippen LogP contribution in [0.15, 0.2) is 18.3 Å². The minimum atomic E-state index is 0.229. The van der Waals surface area contributed by atoms with Crippen LogP contribution < -0.4 is 0 Å². The summed E-state index contributed by atoms with van der Waals surface area (Å²) in [6.07, 6.45) is 5.96. The van der Waals surface area contributed by atoms with Gasteiger partial charge in [-0.1, -0.05) is 13.3 Å². The van der Waals surface area contributed by atoms with E-state index in [1.165, 1.54) is 25.0 Å². The smallest absolute Gasteiger partial charge is 0.0358 e. The molecule has 0 saturated heterocycles. The van der Waals surface area contributed by atoms with E-state index in [0.717, 1.165) is 0 Å². The Hall–Kier alpha value is -0.720. The molecule has 0 amide bonds. The monoisotopic (exact) mass is 179 g/mol. The van der Waals surface area contributed by atoms with Gasteiger partial charge in [-0.25, -0.2) is 0 Å². The zero-order chi connectivity index (χ0) is 9.90. The van der Waals surface area contributed by atoms with Gasteiger partial charge in [0.2, 0.25) is 0 Å². The van der Waals surface area contributed by atoms with Crippen LogP contribution in [0.5, 0.6) is 0 Å². The Bertz CT molecular complexity index is 252. The molecule has 0 aliphatic rings. The molecule has 0 N–H and O–H groups in total. The quantitative estimate of drug-likeness (QED) is 0.668. The topological polar surface area (TPSA) is 4.93 Å². The predicted molar refractivity (Wildman–Crippen MR) is 58.0 cm³/mol. The van der Waals surface area contributed by atoms with Gasteiger partial charge >= 0.3 is 0 Å². The molecule has 0 radical (unpaired) electrons. The molecule has 0 saturated carbocycles. The normalized spacial score (nSPS) is 12.0. The Balaban J connectivity index is 2.77. The van der Waals surface area contributed by atoms with Crippen molar-refractivity contribution in [3.05, 3.63) is 24.0 Å². The van der Waals surface area contributed by atoms with Gasteiger partial charge in [-0.05, 0) is 45.7 Å². The lowest BCUT2D eigenvalue weighted by Crippen LogP contribution is -2.22. The van der Waals surface area contributed by atoms with Gasteiger partial charge in [0.05, 0.1) is 0 Å². The van der Waals surface area contributed by atoms with Crippen molar-refractivity contribution >= 4 is 0 Å². The minimum absolute atomic E-state index is 0.229. The summed E-state index contributed by atoms with van der Waals surface area (Å²) in [7, 11) is 0. The second kappa shape index (κ2) is 3.99. The first-order chi connectivity index (χ1) is 6.05. The van der Waals surface area contributed by atoms with Crippen molar-refractivity contribution in [3.63, 3.8) is 0 Å². The van der Waals surface area contributed by atoms with Gasteiger partial charge in [0.25, 0.3) is 0 Å². The number of hydrogen-bond acceptors (Lipinski definition) is 0. The molecule has 0 unspecified atom stereocenters. The molecular weight excluding hydrogens is 158 g/mol. The second-order valence-corrected chi connectivity index (χ2v) is 4.64. The zero-order valence-corrected chi connectivity index (χ0v) is 9.30. The van der Waals surface area contributed by atoms with E-state index >= 15 is 0 Å². The predicted octanol–water partition coefficient (Wildman–Crippen LogP) is 3.59. The van der Waals surface area contributed by atoms with Crippen molar-refractivity contribution in [2.45, 2.75) is 52.5 Å². The molecule has 0 aliphatic heterocycles. The van der Waals surface area contributed by atoms with Gasteiger partial charge in [-0.15, -0.1) is 0 Å². The largest absolute Gasteiger partial charge is 0.346 e. The first-order valence-electron chi connectivity index (χ1n) is 5.22. The molecule has 0 fully saturated rings. The average Bonchev–Trinajstić information content (AvgIpc) is 2.47. The maximum absolute atomic E-state index is 2.38. The summed E-state index contributed by atoms with van der Waals surface area (Å²) in [6, 6.07) is 4.39. The first-order valence-corrected chi connectivity index (χ1v) is 5.22. The van der Waals surface area contributed by atoms with E-state index in [1.807, 2.05) is 0 Å². The molecule has 0 aliphatic carbocycles. The van der Waals surface area contributed by atoms with Gasteiger partial charge in [0.15, 0.2) is 0 Å². The van der Waals surface area contributed by atoms with Crippen LogP contribution in [-0.2, 0) is 12.0 Å².